The van der Waals surface area contributed by atoms with Gasteiger partial charge in [-0.2, -0.15) is 0 Å². The van der Waals surface area contributed by atoms with E-state index in [1.165, 1.54) is 25.7 Å². The highest BCUT2D eigenvalue weighted by Crippen LogP contribution is 2.48. The smallest absolute Gasteiger partial charge is 0.253 e. The van der Waals surface area contributed by atoms with Gasteiger partial charge in [-0.15, -0.1) is 0 Å². The monoisotopic (exact) mass is 272 g/mol. The molecule has 2 bridgehead atoms. The van der Waals surface area contributed by atoms with Gasteiger partial charge in [0.05, 0.1) is 0 Å². The highest BCUT2D eigenvalue weighted by Gasteiger charge is 2.40. The second-order valence-corrected chi connectivity index (χ2v) is 6.52. The molecular formula is C17H24N2O. The fourth-order valence-electron chi connectivity index (χ4n) is 4.04. The van der Waals surface area contributed by atoms with Crippen LogP contribution in [-0.4, -0.2) is 24.4 Å². The van der Waals surface area contributed by atoms with E-state index >= 15 is 0 Å². The minimum Gasteiger partial charge on any atom is -0.341 e. The molecule has 3 heteroatoms. The quantitative estimate of drug-likeness (QED) is 0.916. The summed E-state index contributed by atoms with van der Waals surface area (Å²) in [6, 6.07) is 7.67. The first-order chi connectivity index (χ1) is 9.67. The Morgan fingerprint density at radius 1 is 1.25 bits per heavy atom. The van der Waals surface area contributed by atoms with E-state index in [4.69, 9.17) is 5.73 Å². The molecule has 3 rings (SSSR count). The summed E-state index contributed by atoms with van der Waals surface area (Å²) in [4.78, 5) is 14.3. The second kappa shape index (κ2) is 5.57. The zero-order chi connectivity index (χ0) is 14.1. The molecule has 3 unspecified atom stereocenters. The highest BCUT2D eigenvalue weighted by atomic mass is 16.2. The molecule has 3 nitrogen and oxygen atoms in total. The van der Waals surface area contributed by atoms with Gasteiger partial charge >= 0.3 is 0 Å². The van der Waals surface area contributed by atoms with Crippen molar-refractivity contribution in [1.29, 1.82) is 0 Å². The van der Waals surface area contributed by atoms with Gasteiger partial charge in [0.2, 0.25) is 0 Å². The summed E-state index contributed by atoms with van der Waals surface area (Å²) >= 11 is 0. The lowest BCUT2D eigenvalue weighted by atomic mass is 9.88. The summed E-state index contributed by atoms with van der Waals surface area (Å²) in [7, 11) is 1.94. The number of benzene rings is 1. The molecule has 2 aliphatic rings. The number of nitrogens with zero attached hydrogens (tertiary/aromatic N) is 1. The van der Waals surface area contributed by atoms with Gasteiger partial charge in [0.1, 0.15) is 0 Å². The summed E-state index contributed by atoms with van der Waals surface area (Å²) in [5, 5.41) is 0. The highest BCUT2D eigenvalue weighted by molar-refractivity contribution is 5.94. The van der Waals surface area contributed by atoms with Gasteiger partial charge in [0.15, 0.2) is 0 Å². The first kappa shape index (κ1) is 13.6. The number of hydrogen-bond acceptors (Lipinski definition) is 2. The molecule has 2 N–H and O–H groups in total. The average molecular weight is 272 g/mol. The van der Waals surface area contributed by atoms with Crippen molar-refractivity contribution in [3.05, 3.63) is 35.4 Å². The van der Waals surface area contributed by atoms with Crippen LogP contribution in [0.15, 0.2) is 24.3 Å². The fourth-order valence-corrected chi connectivity index (χ4v) is 4.04. The Balaban J connectivity index is 1.61. The van der Waals surface area contributed by atoms with Gasteiger partial charge in [0, 0.05) is 25.7 Å². The number of nitrogens with two attached hydrogens (primary N) is 1. The molecular weight excluding hydrogens is 248 g/mol. The fraction of sp³-hybridized carbons (Fsp3) is 0.588. The molecule has 3 atom stereocenters. The summed E-state index contributed by atoms with van der Waals surface area (Å²) in [5.41, 5.74) is 7.42. The van der Waals surface area contributed by atoms with Crippen molar-refractivity contribution in [2.24, 2.45) is 23.5 Å². The van der Waals surface area contributed by atoms with Gasteiger partial charge in [-0.1, -0.05) is 18.6 Å². The predicted molar refractivity (Wildman–Crippen MR) is 80.2 cm³/mol. The number of carbonyl (C=O) groups excluding carboxylic acids is 1. The minimum atomic E-state index is 0.136. The lowest BCUT2D eigenvalue weighted by Gasteiger charge is -2.27. The molecule has 0 aromatic heterocycles. The van der Waals surface area contributed by atoms with Crippen LogP contribution in [0, 0.1) is 17.8 Å². The first-order valence-electron chi connectivity index (χ1n) is 7.72. The van der Waals surface area contributed by atoms with Crippen LogP contribution in [0.4, 0.5) is 0 Å². The van der Waals surface area contributed by atoms with Crippen molar-refractivity contribution in [2.45, 2.75) is 32.2 Å². The topological polar surface area (TPSA) is 46.3 Å². The van der Waals surface area contributed by atoms with E-state index in [0.717, 1.165) is 35.4 Å². The summed E-state index contributed by atoms with van der Waals surface area (Å²) < 4.78 is 0. The zero-order valence-corrected chi connectivity index (χ0v) is 12.2. The Morgan fingerprint density at radius 3 is 2.55 bits per heavy atom. The Labute approximate surface area is 121 Å². The minimum absolute atomic E-state index is 0.136. The molecule has 0 aliphatic heterocycles. The lowest BCUT2D eigenvalue weighted by molar-refractivity contribution is 0.0754. The maximum absolute atomic E-state index is 12.4. The molecule has 1 amide bonds. The van der Waals surface area contributed by atoms with Gasteiger partial charge in [-0.05, 0) is 54.7 Å². The van der Waals surface area contributed by atoms with Gasteiger partial charge in [-0.25, -0.2) is 0 Å². The standard InChI is InChI=1S/C17H24N2O/c1-19(11-16-9-13-4-7-15(16)8-13)17(20)14-5-2-12(10-18)3-6-14/h2-3,5-6,13,15-16H,4,7-11,18H2,1H3. The van der Waals surface area contributed by atoms with Crippen LogP contribution in [0.3, 0.4) is 0 Å². The average Bonchev–Trinajstić information content (AvgIpc) is 3.09. The van der Waals surface area contributed by atoms with Crippen molar-refractivity contribution < 1.29 is 4.79 Å². The molecule has 0 heterocycles. The molecule has 1 aromatic rings. The van der Waals surface area contributed by atoms with E-state index in [9.17, 15) is 4.79 Å². The van der Waals surface area contributed by atoms with Crippen molar-refractivity contribution in [2.75, 3.05) is 13.6 Å². The predicted octanol–water partition coefficient (Wildman–Crippen LogP) is 2.65. The number of amides is 1. The van der Waals surface area contributed by atoms with Crippen LogP contribution in [-0.2, 0) is 6.54 Å². The third kappa shape index (κ3) is 2.59. The molecule has 2 saturated carbocycles. The van der Waals surface area contributed by atoms with Crippen LogP contribution >= 0.6 is 0 Å². The molecule has 2 fully saturated rings. The normalized spacial score (nSPS) is 27.8. The lowest BCUT2D eigenvalue weighted by Crippen LogP contribution is -2.33. The van der Waals surface area contributed by atoms with Crippen LogP contribution in [0.25, 0.3) is 0 Å². The number of hydrogen-bond donors (Lipinski definition) is 1. The number of carbonyl (C=O) groups is 1. The molecule has 0 saturated heterocycles. The van der Waals surface area contributed by atoms with E-state index in [0.29, 0.717) is 6.54 Å². The van der Waals surface area contributed by atoms with Crippen LogP contribution in [0.2, 0.25) is 0 Å². The number of fused-ring (bicyclic) bond motifs is 2. The molecule has 20 heavy (non-hydrogen) atoms. The molecule has 2 aliphatic carbocycles. The van der Waals surface area contributed by atoms with E-state index in [1.54, 1.807) is 0 Å². The van der Waals surface area contributed by atoms with Gasteiger partial charge in [0.25, 0.3) is 5.91 Å². The maximum atomic E-state index is 12.4. The number of rotatable bonds is 4. The first-order valence-corrected chi connectivity index (χ1v) is 7.72. The van der Waals surface area contributed by atoms with Crippen molar-refractivity contribution in [3.63, 3.8) is 0 Å². The van der Waals surface area contributed by atoms with Crippen molar-refractivity contribution in [3.8, 4) is 0 Å². The Morgan fingerprint density at radius 2 is 2.00 bits per heavy atom. The Kier molecular flexibility index (Phi) is 3.79. The molecule has 0 spiro atoms. The van der Waals surface area contributed by atoms with Crippen LogP contribution in [0.5, 0.6) is 0 Å². The van der Waals surface area contributed by atoms with Crippen LogP contribution < -0.4 is 5.73 Å². The maximum Gasteiger partial charge on any atom is 0.253 e. The molecule has 108 valence electrons. The summed E-state index contributed by atoms with van der Waals surface area (Å²) in [6.45, 7) is 1.44. The summed E-state index contributed by atoms with van der Waals surface area (Å²) in [5.74, 6) is 2.68. The molecule has 0 radical (unpaired) electrons. The van der Waals surface area contributed by atoms with E-state index in [-0.39, 0.29) is 5.91 Å². The van der Waals surface area contributed by atoms with E-state index in [2.05, 4.69) is 0 Å². The Bertz CT molecular complexity index is 482. The Hall–Kier alpha value is -1.35. The van der Waals surface area contributed by atoms with Crippen LogP contribution in [0.1, 0.15) is 41.6 Å². The third-order valence-corrected chi connectivity index (χ3v) is 5.18. The van der Waals surface area contributed by atoms with Gasteiger partial charge in [-0.3, -0.25) is 4.79 Å². The van der Waals surface area contributed by atoms with Gasteiger partial charge < -0.3 is 10.6 Å². The summed E-state index contributed by atoms with van der Waals surface area (Å²) in [6.07, 6.45) is 5.52. The van der Waals surface area contributed by atoms with E-state index < -0.39 is 0 Å². The van der Waals surface area contributed by atoms with Crippen molar-refractivity contribution >= 4 is 5.91 Å². The third-order valence-electron chi connectivity index (χ3n) is 5.18. The zero-order valence-electron chi connectivity index (χ0n) is 12.2. The SMILES string of the molecule is CN(CC1CC2CCC1C2)C(=O)c1ccc(CN)cc1. The van der Waals surface area contributed by atoms with Crippen molar-refractivity contribution in [1.82, 2.24) is 4.90 Å². The second-order valence-electron chi connectivity index (χ2n) is 6.52. The molecule has 1 aromatic carbocycles. The largest absolute Gasteiger partial charge is 0.341 e. The van der Waals surface area contributed by atoms with E-state index in [1.807, 2.05) is 36.2 Å².